The van der Waals surface area contributed by atoms with Crippen molar-refractivity contribution >= 4 is 23.3 Å². The molecule has 0 bridgehead atoms. The number of piperidine rings is 1. The van der Waals surface area contributed by atoms with E-state index in [1.807, 2.05) is 4.90 Å². The van der Waals surface area contributed by atoms with E-state index in [0.717, 1.165) is 25.9 Å². The molecule has 1 amide bonds. The molecule has 0 saturated carbocycles. The van der Waals surface area contributed by atoms with E-state index < -0.39 is 0 Å². The molecule has 2 rings (SSSR count). The van der Waals surface area contributed by atoms with Gasteiger partial charge in [-0.2, -0.15) is 0 Å². The summed E-state index contributed by atoms with van der Waals surface area (Å²) in [4.78, 5) is 18.2. The zero-order chi connectivity index (χ0) is 12.3. The Kier molecular flexibility index (Phi) is 3.84. The van der Waals surface area contributed by atoms with Crippen LogP contribution in [0, 0.1) is 0 Å². The first kappa shape index (κ1) is 12.2. The molecule has 1 aliphatic rings. The molecule has 1 saturated heterocycles. The number of carbonyl (C=O) groups is 1. The predicted molar refractivity (Wildman–Crippen MR) is 68.5 cm³/mol. The number of nitrogens with zero attached hydrogens (tertiary/aromatic N) is 2. The first-order chi connectivity index (χ1) is 8.22. The van der Waals surface area contributed by atoms with Gasteiger partial charge in [0.05, 0.1) is 10.6 Å². The molecule has 0 aromatic carbocycles. The molecule has 1 aliphatic heterocycles. The predicted octanol–water partition coefficient (Wildman–Crippen LogP) is 2.40. The van der Waals surface area contributed by atoms with E-state index in [-0.39, 0.29) is 5.91 Å². The smallest absolute Gasteiger partial charge is 0.255 e. The molecule has 4 nitrogen and oxygen atoms in total. The quantitative estimate of drug-likeness (QED) is 0.880. The number of likely N-dealkylation sites (tertiary alicyclic amines) is 1. The topological polar surface area (TPSA) is 45.2 Å². The van der Waals surface area contributed by atoms with Gasteiger partial charge in [-0.1, -0.05) is 11.6 Å². The van der Waals surface area contributed by atoms with E-state index in [1.54, 1.807) is 19.3 Å². The van der Waals surface area contributed by atoms with Gasteiger partial charge in [0.25, 0.3) is 5.91 Å². The van der Waals surface area contributed by atoms with E-state index in [0.29, 0.717) is 16.4 Å². The van der Waals surface area contributed by atoms with Crippen molar-refractivity contribution in [2.75, 3.05) is 25.5 Å². The van der Waals surface area contributed by atoms with Gasteiger partial charge in [-0.3, -0.25) is 4.79 Å². The third-order valence-corrected chi connectivity index (χ3v) is 3.26. The minimum absolute atomic E-state index is 0.0294. The third kappa shape index (κ3) is 2.69. The number of nitrogens with one attached hydrogen (secondary N) is 1. The van der Waals surface area contributed by atoms with E-state index in [2.05, 4.69) is 10.3 Å². The van der Waals surface area contributed by atoms with E-state index in [4.69, 9.17) is 11.6 Å². The molecule has 0 radical (unpaired) electrons. The fourth-order valence-corrected chi connectivity index (χ4v) is 2.28. The Morgan fingerprint density at radius 2 is 2.12 bits per heavy atom. The van der Waals surface area contributed by atoms with Crippen LogP contribution in [0.25, 0.3) is 0 Å². The Morgan fingerprint density at radius 3 is 2.71 bits per heavy atom. The van der Waals surface area contributed by atoms with Gasteiger partial charge in [-0.15, -0.1) is 0 Å². The van der Waals surface area contributed by atoms with Gasteiger partial charge in [0.2, 0.25) is 0 Å². The highest BCUT2D eigenvalue weighted by molar-refractivity contribution is 6.33. The second-order valence-electron chi connectivity index (χ2n) is 4.16. The molecule has 17 heavy (non-hydrogen) atoms. The Balaban J connectivity index is 2.16. The lowest BCUT2D eigenvalue weighted by atomic mass is 10.1. The number of rotatable bonds is 2. The molecule has 1 aromatic heterocycles. The van der Waals surface area contributed by atoms with Crippen LogP contribution in [0.1, 0.15) is 29.6 Å². The van der Waals surface area contributed by atoms with Crippen LogP contribution >= 0.6 is 11.6 Å². The number of hydrogen-bond acceptors (Lipinski definition) is 3. The van der Waals surface area contributed by atoms with Crippen LogP contribution in [0.15, 0.2) is 12.3 Å². The maximum Gasteiger partial charge on any atom is 0.255 e. The molecule has 0 unspecified atom stereocenters. The largest absolute Gasteiger partial charge is 0.372 e. The van der Waals surface area contributed by atoms with Gasteiger partial charge in [-0.05, 0) is 25.3 Å². The summed E-state index contributed by atoms with van der Waals surface area (Å²) >= 11 is 6.02. The minimum atomic E-state index is 0.0294. The van der Waals surface area contributed by atoms with E-state index in [9.17, 15) is 4.79 Å². The van der Waals surface area contributed by atoms with Gasteiger partial charge in [-0.25, -0.2) is 4.98 Å². The van der Waals surface area contributed by atoms with Gasteiger partial charge >= 0.3 is 0 Å². The van der Waals surface area contributed by atoms with Crippen molar-refractivity contribution in [3.63, 3.8) is 0 Å². The van der Waals surface area contributed by atoms with Gasteiger partial charge in [0, 0.05) is 26.3 Å². The van der Waals surface area contributed by atoms with Gasteiger partial charge in [0.1, 0.15) is 5.82 Å². The monoisotopic (exact) mass is 253 g/mol. The molecule has 1 N–H and O–H groups in total. The van der Waals surface area contributed by atoms with E-state index in [1.165, 1.54) is 6.42 Å². The number of aromatic nitrogens is 1. The van der Waals surface area contributed by atoms with Crippen molar-refractivity contribution in [2.24, 2.45) is 0 Å². The Bertz CT molecular complexity index is 416. The van der Waals surface area contributed by atoms with Crippen molar-refractivity contribution in [1.29, 1.82) is 0 Å². The van der Waals surface area contributed by atoms with Gasteiger partial charge in [0.15, 0.2) is 0 Å². The number of amides is 1. The molecule has 5 heteroatoms. The Morgan fingerprint density at radius 1 is 1.41 bits per heavy atom. The van der Waals surface area contributed by atoms with Crippen LogP contribution < -0.4 is 5.32 Å². The number of halogens is 1. The summed E-state index contributed by atoms with van der Waals surface area (Å²) in [5.74, 6) is 0.628. The number of anilines is 1. The average Bonchev–Trinajstić information content (AvgIpc) is 2.39. The molecule has 92 valence electrons. The lowest BCUT2D eigenvalue weighted by Gasteiger charge is -2.26. The normalized spacial score (nSPS) is 15.8. The van der Waals surface area contributed by atoms with Crippen molar-refractivity contribution in [1.82, 2.24) is 9.88 Å². The highest BCUT2D eigenvalue weighted by atomic mass is 35.5. The summed E-state index contributed by atoms with van der Waals surface area (Å²) in [6.07, 6.45) is 4.96. The minimum Gasteiger partial charge on any atom is -0.372 e. The summed E-state index contributed by atoms with van der Waals surface area (Å²) in [5.41, 5.74) is 0.566. The lowest BCUT2D eigenvalue weighted by Crippen LogP contribution is -2.35. The first-order valence-electron chi connectivity index (χ1n) is 5.85. The standard InChI is InChI=1S/C12H16ClN3O/c1-14-11-10(13)7-9(8-15-11)12(17)16-5-3-2-4-6-16/h7-8H,2-6H2,1H3,(H,14,15). The summed E-state index contributed by atoms with van der Waals surface area (Å²) in [7, 11) is 1.75. The number of carbonyl (C=O) groups excluding carboxylic acids is 1. The summed E-state index contributed by atoms with van der Waals surface area (Å²) in [5, 5.41) is 3.35. The first-order valence-corrected chi connectivity index (χ1v) is 6.22. The Labute approximate surface area is 106 Å². The van der Waals surface area contributed by atoms with Crippen molar-refractivity contribution in [3.05, 3.63) is 22.8 Å². The van der Waals surface area contributed by atoms with Crippen LogP contribution in [0.2, 0.25) is 5.02 Å². The molecular formula is C12H16ClN3O. The summed E-state index contributed by atoms with van der Waals surface area (Å²) in [6.45, 7) is 1.68. The zero-order valence-corrected chi connectivity index (χ0v) is 10.6. The molecule has 2 heterocycles. The zero-order valence-electron chi connectivity index (χ0n) is 9.87. The second kappa shape index (κ2) is 5.36. The van der Waals surface area contributed by atoms with Crippen molar-refractivity contribution in [3.8, 4) is 0 Å². The molecule has 0 atom stereocenters. The Hall–Kier alpha value is -1.29. The molecule has 1 aromatic rings. The summed E-state index contributed by atoms with van der Waals surface area (Å²) in [6, 6.07) is 1.68. The van der Waals surface area contributed by atoms with Crippen LogP contribution in [0.5, 0.6) is 0 Å². The highest BCUT2D eigenvalue weighted by Gasteiger charge is 2.19. The SMILES string of the molecule is CNc1ncc(C(=O)N2CCCCC2)cc1Cl. The van der Waals surface area contributed by atoms with Crippen molar-refractivity contribution in [2.45, 2.75) is 19.3 Å². The van der Waals surface area contributed by atoms with Crippen LogP contribution in [-0.4, -0.2) is 35.9 Å². The van der Waals surface area contributed by atoms with Crippen LogP contribution in [0.4, 0.5) is 5.82 Å². The average molecular weight is 254 g/mol. The molecule has 1 fully saturated rings. The second-order valence-corrected chi connectivity index (χ2v) is 4.56. The van der Waals surface area contributed by atoms with Crippen LogP contribution in [0.3, 0.4) is 0 Å². The maximum atomic E-state index is 12.2. The number of pyridine rings is 1. The number of hydrogen-bond donors (Lipinski definition) is 1. The summed E-state index contributed by atoms with van der Waals surface area (Å²) < 4.78 is 0. The van der Waals surface area contributed by atoms with E-state index >= 15 is 0 Å². The van der Waals surface area contributed by atoms with Crippen LogP contribution in [-0.2, 0) is 0 Å². The molecule has 0 spiro atoms. The van der Waals surface area contributed by atoms with Crippen molar-refractivity contribution < 1.29 is 4.79 Å². The molecular weight excluding hydrogens is 238 g/mol. The fourth-order valence-electron chi connectivity index (χ4n) is 2.02. The van der Waals surface area contributed by atoms with Gasteiger partial charge < -0.3 is 10.2 Å². The molecule has 0 aliphatic carbocycles. The third-order valence-electron chi connectivity index (χ3n) is 2.97. The fraction of sp³-hybridized carbons (Fsp3) is 0.500. The maximum absolute atomic E-state index is 12.2. The lowest BCUT2D eigenvalue weighted by molar-refractivity contribution is 0.0724. The highest BCUT2D eigenvalue weighted by Crippen LogP contribution is 2.21.